The van der Waals surface area contributed by atoms with Gasteiger partial charge in [0.25, 0.3) is 0 Å². The van der Waals surface area contributed by atoms with Gasteiger partial charge in [-0.3, -0.25) is 19.3 Å². The van der Waals surface area contributed by atoms with Crippen molar-refractivity contribution in [3.05, 3.63) is 73.6 Å². The molecule has 0 radical (unpaired) electrons. The lowest BCUT2D eigenvalue weighted by Gasteiger charge is -2.43. The highest BCUT2D eigenvalue weighted by molar-refractivity contribution is 6.31. The maximum Gasteiger partial charge on any atom is 0.434 e. The van der Waals surface area contributed by atoms with E-state index in [0.717, 1.165) is 0 Å². The average Bonchev–Trinajstić information content (AvgIpc) is 3.73. The Morgan fingerprint density at radius 1 is 1.11 bits per heavy atom. The maximum atomic E-state index is 14.0. The van der Waals surface area contributed by atoms with E-state index in [-0.39, 0.29) is 72.5 Å². The van der Waals surface area contributed by atoms with Crippen LogP contribution in [0.5, 0.6) is 17.2 Å². The summed E-state index contributed by atoms with van der Waals surface area (Å²) in [5.74, 6) is -3.65. The number of benzene rings is 2. The third kappa shape index (κ3) is 5.80. The molecular weight excluding hydrogens is 738 g/mol. The molecule has 1 aromatic heterocycles. The number of nitro groups is 1. The number of ether oxygens (including phenoxy) is 5. The van der Waals surface area contributed by atoms with E-state index in [2.05, 4.69) is 9.88 Å². The number of hydrogen-bond donors (Lipinski definition) is 3. The van der Waals surface area contributed by atoms with Crippen molar-refractivity contribution in [2.45, 2.75) is 82.2 Å². The van der Waals surface area contributed by atoms with Gasteiger partial charge in [0.2, 0.25) is 5.78 Å². The van der Waals surface area contributed by atoms with Crippen LogP contribution in [0.25, 0.3) is 0 Å². The molecule has 0 saturated carbocycles. The number of aromatic nitrogens is 2. The molecule has 56 heavy (non-hydrogen) atoms. The molecule has 3 aliphatic heterocycles. The number of amides is 1. The first kappa shape index (κ1) is 37.5. The Morgan fingerprint density at radius 3 is 2.55 bits per heavy atom. The molecule has 2 aliphatic carbocycles. The van der Waals surface area contributed by atoms with E-state index in [0.29, 0.717) is 12.2 Å². The second kappa shape index (κ2) is 13.6. The van der Waals surface area contributed by atoms with E-state index < -0.39 is 93.8 Å². The van der Waals surface area contributed by atoms with Gasteiger partial charge in [0.15, 0.2) is 30.2 Å². The van der Waals surface area contributed by atoms with E-state index >= 15 is 0 Å². The molecule has 19 nitrogen and oxygen atoms in total. The van der Waals surface area contributed by atoms with Crippen LogP contribution in [0.3, 0.4) is 0 Å². The fourth-order valence-electron chi connectivity index (χ4n) is 8.69. The van der Waals surface area contributed by atoms with Crippen LogP contribution in [0.4, 0.5) is 10.7 Å². The van der Waals surface area contributed by atoms with Crippen LogP contribution in [-0.4, -0.2) is 126 Å². The first-order valence-electron chi connectivity index (χ1n) is 18.0. The molecule has 3 N–H and O–H groups in total. The van der Waals surface area contributed by atoms with Crippen LogP contribution in [-0.2, 0) is 43.8 Å². The third-order valence-corrected chi connectivity index (χ3v) is 11.6. The number of phenols is 2. The molecule has 3 fully saturated rings. The van der Waals surface area contributed by atoms with Crippen LogP contribution >= 0.6 is 0 Å². The van der Waals surface area contributed by atoms with Crippen molar-refractivity contribution in [2.75, 3.05) is 26.7 Å². The van der Waals surface area contributed by atoms with Gasteiger partial charge >= 0.3 is 12.0 Å². The summed E-state index contributed by atoms with van der Waals surface area (Å²) in [4.78, 5) is 71.5. The Kier molecular flexibility index (Phi) is 9.11. The number of ketones is 3. The van der Waals surface area contributed by atoms with Crippen molar-refractivity contribution in [1.82, 2.24) is 19.4 Å². The van der Waals surface area contributed by atoms with Crippen molar-refractivity contribution >= 4 is 29.4 Å². The van der Waals surface area contributed by atoms with E-state index in [4.69, 9.17) is 23.7 Å². The summed E-state index contributed by atoms with van der Waals surface area (Å²) in [6, 6.07) is 4.17. The Bertz CT molecular complexity index is 2200. The molecule has 3 aromatic rings. The molecule has 3 saturated heterocycles. The van der Waals surface area contributed by atoms with Gasteiger partial charge in [-0.05, 0) is 24.8 Å². The lowest BCUT2D eigenvalue weighted by Crippen LogP contribution is -2.57. The summed E-state index contributed by atoms with van der Waals surface area (Å²) >= 11 is 0. The lowest BCUT2D eigenvalue weighted by molar-refractivity contribution is -0.396. The highest BCUT2D eigenvalue weighted by Gasteiger charge is 2.54. The van der Waals surface area contributed by atoms with Gasteiger partial charge in [-0.15, -0.1) is 0 Å². The standard InChI is InChI=1S/C37H39N5O14/c1-16-34-21(41-9-8-40(14-24(41)56-34)36(48)53-15-18-13-38-35(39(18)3)42(50)51)10-25(54-16)55-23-12-37(49,17(2)43)11-20-27(23)33(47)29-28(31(20)45)30(44)19-6-5-7-22(52-4)26(19)32(29)46/h5-7,13,16,21,23-25,34,45,47,49H,8-12,14-15H2,1-4H3/t16-,21?,23-,24?,25-,34?,37-/m0/s1. The third-order valence-electron chi connectivity index (χ3n) is 11.6. The fraction of sp³-hybridized carbons (Fsp3) is 0.486. The monoisotopic (exact) mass is 777 g/mol. The van der Waals surface area contributed by atoms with Gasteiger partial charge in [-0.2, -0.15) is 0 Å². The quantitative estimate of drug-likeness (QED) is 0.138. The summed E-state index contributed by atoms with van der Waals surface area (Å²) in [5, 5.41) is 46.2. The average molecular weight is 778 g/mol. The molecule has 2 aromatic carbocycles. The Morgan fingerprint density at radius 2 is 1.86 bits per heavy atom. The molecule has 1 amide bonds. The second-order valence-corrected chi connectivity index (χ2v) is 14.7. The first-order valence-corrected chi connectivity index (χ1v) is 18.0. The lowest BCUT2D eigenvalue weighted by atomic mass is 9.72. The smallest absolute Gasteiger partial charge is 0.434 e. The van der Waals surface area contributed by atoms with Gasteiger partial charge in [0.05, 0.1) is 49.6 Å². The van der Waals surface area contributed by atoms with Crippen LogP contribution in [0, 0.1) is 10.1 Å². The first-order chi connectivity index (χ1) is 26.6. The minimum absolute atomic E-state index is 0.0335. The Balaban J connectivity index is 1.03. The highest BCUT2D eigenvalue weighted by atomic mass is 16.7. The minimum Gasteiger partial charge on any atom is -0.507 e. The van der Waals surface area contributed by atoms with Crippen LogP contribution in [0.2, 0.25) is 0 Å². The Hall–Kier alpha value is -5.47. The number of phenolic OH excluding ortho intramolecular Hbond substituents is 2. The van der Waals surface area contributed by atoms with E-state index in [1.54, 1.807) is 6.92 Å². The number of aliphatic hydroxyl groups is 1. The molecule has 4 heterocycles. The van der Waals surface area contributed by atoms with E-state index in [1.807, 2.05) is 0 Å². The predicted octanol–water partition coefficient (Wildman–Crippen LogP) is 2.03. The summed E-state index contributed by atoms with van der Waals surface area (Å²) in [5.41, 5.74) is -2.84. The van der Waals surface area contributed by atoms with Crippen LogP contribution in [0.15, 0.2) is 24.4 Å². The fourth-order valence-corrected chi connectivity index (χ4v) is 8.69. The molecule has 3 unspecified atom stereocenters. The molecule has 5 aliphatic rings. The summed E-state index contributed by atoms with van der Waals surface area (Å²) in [7, 11) is 2.79. The number of fused-ring (bicyclic) bond motifs is 6. The van der Waals surface area contributed by atoms with Crippen molar-refractivity contribution in [3.63, 3.8) is 0 Å². The zero-order valence-electron chi connectivity index (χ0n) is 30.8. The second-order valence-electron chi connectivity index (χ2n) is 14.7. The van der Waals surface area contributed by atoms with Gasteiger partial charge < -0.3 is 54.0 Å². The Labute approximate surface area is 318 Å². The molecule has 7 atom stereocenters. The van der Waals surface area contributed by atoms with E-state index in [9.17, 15) is 44.6 Å². The van der Waals surface area contributed by atoms with Gasteiger partial charge in [0, 0.05) is 55.1 Å². The minimum atomic E-state index is -2.06. The van der Waals surface area contributed by atoms with Crippen molar-refractivity contribution in [2.24, 2.45) is 7.05 Å². The summed E-state index contributed by atoms with van der Waals surface area (Å²) in [6.45, 7) is 3.61. The molecule has 19 heteroatoms. The molecule has 296 valence electrons. The number of methoxy groups -OCH3 is 1. The maximum absolute atomic E-state index is 14.0. The van der Waals surface area contributed by atoms with Gasteiger partial charge in [-0.25, -0.2) is 9.36 Å². The number of Topliss-reactive ketones (excluding diaryl/α,β-unsaturated/α-hetero) is 1. The number of nitrogens with zero attached hydrogens (tertiary/aromatic N) is 5. The number of hydrogen-bond acceptors (Lipinski definition) is 16. The number of carbonyl (C=O) groups is 4. The van der Waals surface area contributed by atoms with Gasteiger partial charge in [-0.1, -0.05) is 17.1 Å². The number of piperazine rings is 1. The number of imidazole rings is 1. The van der Waals surface area contributed by atoms with Crippen LogP contribution < -0.4 is 4.74 Å². The zero-order chi connectivity index (χ0) is 40.0. The summed E-state index contributed by atoms with van der Waals surface area (Å²) < 4.78 is 31.1. The van der Waals surface area contributed by atoms with E-state index in [1.165, 1.54) is 54.9 Å². The topological polar surface area (TPSA) is 243 Å². The molecule has 8 rings (SSSR count). The number of rotatable bonds is 7. The number of aromatic hydroxyl groups is 2. The molecular formula is C37H39N5O14. The largest absolute Gasteiger partial charge is 0.507 e. The predicted molar refractivity (Wildman–Crippen MR) is 187 cm³/mol. The number of carbonyl (C=O) groups excluding carboxylic acids is 4. The van der Waals surface area contributed by atoms with Crippen LogP contribution in [0.1, 0.15) is 81.5 Å². The summed E-state index contributed by atoms with van der Waals surface area (Å²) in [6.07, 6.45) is -3.68. The molecule has 0 bridgehead atoms. The SMILES string of the molecule is COc1cccc2c1C(=O)c1c(O)c3c(c(O)c1C2=O)C[C@@](O)(C(C)=O)C[C@@H]3O[C@H]1CC2C(OC3CN(C(=O)OCc4cnc([N+](=O)[O-])n4C)CCN32)[C@H](C)O1. The van der Waals surface area contributed by atoms with Crippen molar-refractivity contribution in [3.8, 4) is 17.2 Å². The highest BCUT2D eigenvalue weighted by Crippen LogP contribution is 2.53. The molecule has 0 spiro atoms. The van der Waals surface area contributed by atoms with Crippen molar-refractivity contribution in [1.29, 1.82) is 0 Å². The normalized spacial score (nSPS) is 28.1. The van der Waals surface area contributed by atoms with Gasteiger partial charge in [0.1, 0.15) is 41.4 Å². The zero-order valence-corrected chi connectivity index (χ0v) is 30.8. The van der Waals surface area contributed by atoms with Crippen molar-refractivity contribution < 1.29 is 63.1 Å².